The summed E-state index contributed by atoms with van der Waals surface area (Å²) in [6.07, 6.45) is 2.95. The summed E-state index contributed by atoms with van der Waals surface area (Å²) >= 11 is 1.70. The zero-order valence-corrected chi connectivity index (χ0v) is 12.5. The van der Waals surface area contributed by atoms with E-state index in [0.29, 0.717) is 12.0 Å². The van der Waals surface area contributed by atoms with E-state index in [1.54, 1.807) is 11.8 Å². The lowest BCUT2D eigenvalue weighted by Gasteiger charge is -2.24. The fourth-order valence-corrected chi connectivity index (χ4v) is 2.94. The average molecular weight is 272 g/mol. The predicted molar refractivity (Wildman–Crippen MR) is 77.0 cm³/mol. The lowest BCUT2D eigenvalue weighted by molar-refractivity contribution is -0.143. The number of hydrogen-bond acceptors (Lipinski definition) is 5. The second kappa shape index (κ2) is 7.67. The van der Waals surface area contributed by atoms with Gasteiger partial charge in [0.2, 0.25) is 0 Å². The van der Waals surface area contributed by atoms with E-state index in [9.17, 15) is 4.79 Å². The van der Waals surface area contributed by atoms with Crippen LogP contribution >= 0.6 is 11.8 Å². The van der Waals surface area contributed by atoms with Gasteiger partial charge in [-0.1, -0.05) is 32.5 Å². The van der Waals surface area contributed by atoms with Crippen molar-refractivity contribution in [2.45, 2.75) is 52.1 Å². The van der Waals surface area contributed by atoms with E-state index in [1.807, 2.05) is 0 Å². The zero-order valence-electron chi connectivity index (χ0n) is 11.7. The van der Waals surface area contributed by atoms with E-state index in [4.69, 9.17) is 4.74 Å². The van der Waals surface area contributed by atoms with Crippen molar-refractivity contribution < 1.29 is 9.53 Å². The van der Waals surface area contributed by atoms with Crippen LogP contribution in [0.25, 0.3) is 0 Å². The summed E-state index contributed by atoms with van der Waals surface area (Å²) in [6.45, 7) is 6.35. The van der Waals surface area contributed by atoms with Crippen molar-refractivity contribution in [2.75, 3.05) is 12.9 Å². The van der Waals surface area contributed by atoms with Crippen LogP contribution in [0.2, 0.25) is 0 Å². The van der Waals surface area contributed by atoms with E-state index in [1.165, 1.54) is 7.11 Å². The van der Waals surface area contributed by atoms with Crippen molar-refractivity contribution in [3.63, 3.8) is 0 Å². The van der Waals surface area contributed by atoms with Crippen LogP contribution in [0.4, 0.5) is 0 Å². The van der Waals surface area contributed by atoms with Gasteiger partial charge in [-0.25, -0.2) is 4.79 Å². The molecule has 0 radical (unpaired) electrons. The number of rotatable bonds is 5. The number of methoxy groups -OCH3 is 1. The number of nitrogens with zero attached hydrogens (tertiary/aromatic N) is 1. The van der Waals surface area contributed by atoms with Crippen LogP contribution in [0.3, 0.4) is 0 Å². The maximum Gasteiger partial charge on any atom is 0.328 e. The van der Waals surface area contributed by atoms with Gasteiger partial charge in [0.15, 0.2) is 5.17 Å². The van der Waals surface area contributed by atoms with Crippen LogP contribution in [0.5, 0.6) is 0 Å². The highest BCUT2D eigenvalue weighted by atomic mass is 32.2. The highest BCUT2D eigenvalue weighted by Gasteiger charge is 2.23. The highest BCUT2D eigenvalue weighted by Crippen LogP contribution is 2.19. The maximum atomic E-state index is 11.7. The summed E-state index contributed by atoms with van der Waals surface area (Å²) in [5.41, 5.74) is 0. The molecule has 0 fully saturated rings. The first-order chi connectivity index (χ1) is 8.56. The van der Waals surface area contributed by atoms with Gasteiger partial charge in [0.25, 0.3) is 0 Å². The lowest BCUT2D eigenvalue weighted by Crippen LogP contribution is -2.42. The van der Waals surface area contributed by atoms with Crippen molar-refractivity contribution in [3.8, 4) is 0 Å². The normalized spacial score (nSPS) is 21.4. The van der Waals surface area contributed by atoms with E-state index >= 15 is 0 Å². The van der Waals surface area contributed by atoms with E-state index in [-0.39, 0.29) is 12.0 Å². The minimum atomic E-state index is -0.281. The van der Waals surface area contributed by atoms with Crippen molar-refractivity contribution >= 4 is 22.9 Å². The molecule has 1 aliphatic heterocycles. The largest absolute Gasteiger partial charge is 0.467 e. The molecule has 104 valence electrons. The number of hydrogen-bond donors (Lipinski definition) is 1. The fraction of sp³-hybridized carbons (Fsp3) is 0.846. The van der Waals surface area contributed by atoms with Gasteiger partial charge in [-0.15, -0.1) is 0 Å². The molecule has 0 aliphatic carbocycles. The molecule has 18 heavy (non-hydrogen) atoms. The number of ether oxygens (including phenoxy) is 1. The second-order valence-electron chi connectivity index (χ2n) is 4.98. The Hall–Kier alpha value is -0.710. The first-order valence-corrected chi connectivity index (χ1v) is 7.60. The molecule has 0 saturated carbocycles. The summed E-state index contributed by atoms with van der Waals surface area (Å²) in [7, 11) is 1.43. The standard InChI is InChI=1S/C13H24N2O2S/c1-5-10-6-7-18-13(14-10)15-11(8-9(2)3)12(16)17-4/h9-11H,5-8H2,1-4H3,(H,14,15). The van der Waals surface area contributed by atoms with Crippen LogP contribution in [-0.4, -0.2) is 36.1 Å². The van der Waals surface area contributed by atoms with Crippen molar-refractivity contribution in [2.24, 2.45) is 10.9 Å². The Kier molecular flexibility index (Phi) is 6.54. The van der Waals surface area contributed by atoms with Crippen LogP contribution in [0.1, 0.15) is 40.0 Å². The van der Waals surface area contributed by atoms with Crippen molar-refractivity contribution in [3.05, 3.63) is 0 Å². The highest BCUT2D eigenvalue weighted by molar-refractivity contribution is 8.13. The molecule has 0 aromatic heterocycles. The molecule has 0 spiro atoms. The quantitative estimate of drug-likeness (QED) is 0.781. The molecule has 1 aliphatic rings. The summed E-state index contributed by atoms with van der Waals surface area (Å²) < 4.78 is 4.84. The Morgan fingerprint density at radius 1 is 1.61 bits per heavy atom. The molecule has 4 nitrogen and oxygen atoms in total. The van der Waals surface area contributed by atoms with Crippen LogP contribution in [0.15, 0.2) is 4.99 Å². The Morgan fingerprint density at radius 3 is 2.89 bits per heavy atom. The predicted octanol–water partition coefficient (Wildman–Crippen LogP) is 2.44. The summed E-state index contributed by atoms with van der Waals surface area (Å²) in [4.78, 5) is 16.3. The minimum Gasteiger partial charge on any atom is -0.467 e. The Morgan fingerprint density at radius 2 is 2.33 bits per heavy atom. The number of aliphatic imine (C=N–C) groups is 1. The molecule has 0 bridgehead atoms. The van der Waals surface area contributed by atoms with E-state index < -0.39 is 0 Å². The van der Waals surface area contributed by atoms with Gasteiger partial charge in [0, 0.05) is 5.75 Å². The van der Waals surface area contributed by atoms with Gasteiger partial charge in [-0.05, 0) is 25.2 Å². The molecule has 5 heteroatoms. The van der Waals surface area contributed by atoms with E-state index in [0.717, 1.165) is 30.2 Å². The minimum absolute atomic E-state index is 0.203. The zero-order chi connectivity index (χ0) is 13.5. The van der Waals surface area contributed by atoms with Gasteiger partial charge < -0.3 is 10.1 Å². The SMILES string of the molecule is CCC1CCSC(NC(CC(C)C)C(=O)OC)=N1. The summed E-state index contributed by atoms with van der Waals surface area (Å²) in [5.74, 6) is 1.31. The topological polar surface area (TPSA) is 50.7 Å². The molecular formula is C13H24N2O2S. The second-order valence-corrected chi connectivity index (χ2v) is 6.07. The van der Waals surface area contributed by atoms with Crippen LogP contribution < -0.4 is 5.32 Å². The third-order valence-electron chi connectivity index (χ3n) is 2.95. The molecule has 0 amide bonds. The average Bonchev–Trinajstić information content (AvgIpc) is 2.36. The number of carbonyl (C=O) groups is 1. The first kappa shape index (κ1) is 15.3. The van der Waals surface area contributed by atoms with Gasteiger partial charge in [-0.2, -0.15) is 0 Å². The number of thioether (sulfide) groups is 1. The monoisotopic (exact) mass is 272 g/mol. The maximum absolute atomic E-state index is 11.7. The van der Waals surface area contributed by atoms with Gasteiger partial charge in [0.1, 0.15) is 6.04 Å². The molecule has 0 aromatic rings. The first-order valence-electron chi connectivity index (χ1n) is 6.61. The molecule has 2 atom stereocenters. The Labute approximate surface area is 114 Å². The number of amidine groups is 1. The molecule has 0 aromatic carbocycles. The van der Waals surface area contributed by atoms with Crippen molar-refractivity contribution in [1.82, 2.24) is 5.32 Å². The third-order valence-corrected chi connectivity index (χ3v) is 3.89. The van der Waals surface area contributed by atoms with Crippen LogP contribution in [-0.2, 0) is 9.53 Å². The number of carbonyl (C=O) groups excluding carboxylic acids is 1. The van der Waals surface area contributed by atoms with Gasteiger partial charge in [-0.3, -0.25) is 4.99 Å². The summed E-state index contributed by atoms with van der Waals surface area (Å²) in [6, 6.07) is 0.114. The van der Waals surface area contributed by atoms with Gasteiger partial charge in [0.05, 0.1) is 13.2 Å². The number of esters is 1. The third kappa shape index (κ3) is 4.88. The molecule has 1 rings (SSSR count). The molecule has 1 N–H and O–H groups in total. The van der Waals surface area contributed by atoms with Crippen LogP contribution in [0, 0.1) is 5.92 Å². The molecule has 0 saturated heterocycles. The van der Waals surface area contributed by atoms with Gasteiger partial charge >= 0.3 is 5.97 Å². The lowest BCUT2D eigenvalue weighted by atomic mass is 10.0. The molecular weight excluding hydrogens is 248 g/mol. The van der Waals surface area contributed by atoms with E-state index in [2.05, 4.69) is 31.1 Å². The Bertz CT molecular complexity index is 305. The smallest absolute Gasteiger partial charge is 0.328 e. The molecule has 2 unspecified atom stereocenters. The fourth-order valence-electron chi connectivity index (χ4n) is 1.91. The van der Waals surface area contributed by atoms with Crippen molar-refractivity contribution in [1.29, 1.82) is 0 Å². The summed E-state index contributed by atoms with van der Waals surface area (Å²) in [5, 5.41) is 4.13. The number of nitrogens with one attached hydrogen (secondary N) is 1. The Balaban J connectivity index is 2.64. The molecule has 1 heterocycles.